The van der Waals surface area contributed by atoms with E-state index in [4.69, 9.17) is 0 Å². The molecule has 62 valence electrons. The van der Waals surface area contributed by atoms with Gasteiger partial charge in [0.2, 0.25) is 5.91 Å². The molecule has 0 aliphatic rings. The van der Waals surface area contributed by atoms with Crippen LogP contribution in [0.4, 0.5) is 4.79 Å². The molecule has 11 heavy (non-hydrogen) atoms. The molecular weight excluding hydrogens is 152 g/mol. The van der Waals surface area contributed by atoms with E-state index in [1.807, 2.05) is 0 Å². The Kier molecular flexibility index (Phi) is 3.65. The lowest BCUT2D eigenvalue weighted by Crippen LogP contribution is -2.36. The molecule has 0 spiro atoms. The molecule has 0 aromatic carbocycles. The van der Waals surface area contributed by atoms with E-state index in [-0.39, 0.29) is 0 Å². The minimum atomic E-state index is -0.987. The van der Waals surface area contributed by atoms with Crippen molar-refractivity contribution in [2.75, 3.05) is 7.11 Å². The zero-order chi connectivity index (χ0) is 8.85. The van der Waals surface area contributed by atoms with Crippen LogP contribution in [0.3, 0.4) is 0 Å². The van der Waals surface area contributed by atoms with Gasteiger partial charge in [-0.25, -0.2) is 4.79 Å². The van der Waals surface area contributed by atoms with E-state index in [0.29, 0.717) is 0 Å². The van der Waals surface area contributed by atoms with Crippen LogP contribution in [0.5, 0.6) is 0 Å². The first-order valence-electron chi connectivity index (χ1n) is 2.72. The van der Waals surface area contributed by atoms with Gasteiger partial charge >= 0.3 is 12.0 Å². The first-order valence-corrected chi connectivity index (χ1v) is 2.72. The maximum atomic E-state index is 10.5. The topological polar surface area (TPSA) is 98.5 Å². The number of amides is 3. The molecule has 0 fully saturated rings. The lowest BCUT2D eigenvalue weighted by Gasteiger charge is -1.97. The third-order valence-electron chi connectivity index (χ3n) is 0.795. The number of hydrogen-bond donors (Lipinski definition) is 2. The molecule has 0 unspecified atom stereocenters. The molecule has 0 saturated carbocycles. The number of imide groups is 1. The summed E-state index contributed by atoms with van der Waals surface area (Å²) in [6.07, 6.45) is -0.501. The second-order valence-corrected chi connectivity index (χ2v) is 1.67. The van der Waals surface area contributed by atoms with Crippen molar-refractivity contribution in [3.8, 4) is 0 Å². The van der Waals surface area contributed by atoms with Crippen molar-refractivity contribution in [1.82, 2.24) is 5.32 Å². The smallest absolute Gasteiger partial charge is 0.318 e. The highest BCUT2D eigenvalue weighted by molar-refractivity contribution is 6.01. The fourth-order valence-electron chi connectivity index (χ4n) is 0.385. The van der Waals surface area contributed by atoms with Crippen LogP contribution in [-0.4, -0.2) is 25.0 Å². The number of urea groups is 1. The summed E-state index contributed by atoms with van der Waals surface area (Å²) in [6.45, 7) is 0. The number of rotatable bonds is 2. The fourth-order valence-corrected chi connectivity index (χ4v) is 0.385. The Morgan fingerprint density at radius 3 is 2.36 bits per heavy atom. The van der Waals surface area contributed by atoms with Crippen LogP contribution in [-0.2, 0) is 14.3 Å². The molecule has 0 aliphatic carbocycles. The third-order valence-corrected chi connectivity index (χ3v) is 0.795. The number of hydrogen-bond acceptors (Lipinski definition) is 4. The minimum Gasteiger partial charge on any atom is -0.469 e. The predicted octanol–water partition coefficient (Wildman–Crippen LogP) is -1.26. The van der Waals surface area contributed by atoms with E-state index in [2.05, 4.69) is 10.5 Å². The van der Waals surface area contributed by atoms with Gasteiger partial charge in [-0.15, -0.1) is 0 Å². The van der Waals surface area contributed by atoms with Crippen molar-refractivity contribution < 1.29 is 19.1 Å². The molecule has 0 aromatic heterocycles. The highest BCUT2D eigenvalue weighted by Gasteiger charge is 2.09. The molecule has 3 N–H and O–H groups in total. The van der Waals surface area contributed by atoms with Gasteiger partial charge in [0, 0.05) is 0 Å². The minimum absolute atomic E-state index is 0.501. The van der Waals surface area contributed by atoms with Crippen LogP contribution >= 0.6 is 0 Å². The molecule has 6 heteroatoms. The fraction of sp³-hybridized carbons (Fsp3) is 0.400. The van der Waals surface area contributed by atoms with Gasteiger partial charge in [-0.2, -0.15) is 0 Å². The van der Waals surface area contributed by atoms with Crippen molar-refractivity contribution in [1.29, 1.82) is 0 Å². The monoisotopic (exact) mass is 160 g/mol. The van der Waals surface area contributed by atoms with Crippen LogP contribution in [0.2, 0.25) is 0 Å². The summed E-state index contributed by atoms with van der Waals surface area (Å²) >= 11 is 0. The number of carbonyl (C=O) groups is 3. The van der Waals surface area contributed by atoms with Gasteiger partial charge in [-0.05, 0) is 0 Å². The Balaban J connectivity index is 3.70. The number of carbonyl (C=O) groups excluding carboxylic acids is 3. The molecular formula is C5H8N2O4. The maximum Gasteiger partial charge on any atom is 0.318 e. The molecule has 0 atom stereocenters. The van der Waals surface area contributed by atoms with Crippen LogP contribution in [0.25, 0.3) is 0 Å². The molecule has 0 bridgehead atoms. The Bertz CT molecular complexity index is 189. The molecule has 0 heterocycles. The van der Waals surface area contributed by atoms with Gasteiger partial charge in [-0.3, -0.25) is 14.9 Å². The van der Waals surface area contributed by atoms with Gasteiger partial charge in [0.05, 0.1) is 7.11 Å². The second kappa shape index (κ2) is 4.26. The van der Waals surface area contributed by atoms with E-state index < -0.39 is 24.3 Å². The highest BCUT2D eigenvalue weighted by atomic mass is 16.5. The van der Waals surface area contributed by atoms with Crippen molar-refractivity contribution in [3.05, 3.63) is 0 Å². The lowest BCUT2D eigenvalue weighted by molar-refractivity contribution is -0.143. The van der Waals surface area contributed by atoms with E-state index >= 15 is 0 Å². The number of esters is 1. The number of ether oxygens (including phenoxy) is 1. The van der Waals surface area contributed by atoms with Gasteiger partial charge < -0.3 is 10.5 Å². The first kappa shape index (κ1) is 9.41. The number of methoxy groups -OCH3 is 1. The largest absolute Gasteiger partial charge is 0.469 e. The summed E-state index contributed by atoms with van der Waals surface area (Å²) in [6, 6.07) is -0.987. The third kappa shape index (κ3) is 4.89. The van der Waals surface area contributed by atoms with E-state index in [9.17, 15) is 14.4 Å². The van der Waals surface area contributed by atoms with Crippen molar-refractivity contribution in [2.24, 2.45) is 5.73 Å². The summed E-state index contributed by atoms with van der Waals surface area (Å²) < 4.78 is 4.15. The highest BCUT2D eigenvalue weighted by Crippen LogP contribution is 1.82. The Labute approximate surface area is 62.7 Å². The molecule has 0 rings (SSSR count). The standard InChI is InChI=1S/C5H8N2O4/c1-11-4(9)2-3(8)7-5(6)10/h2H2,1H3,(H3,6,7,8,10). The SMILES string of the molecule is COC(=O)CC(=O)NC(N)=O. The lowest BCUT2D eigenvalue weighted by atomic mass is 10.4. The second-order valence-electron chi connectivity index (χ2n) is 1.67. The number of primary amides is 1. The molecule has 0 saturated heterocycles. The van der Waals surface area contributed by atoms with Gasteiger partial charge in [0.25, 0.3) is 0 Å². The Hall–Kier alpha value is -1.59. The van der Waals surface area contributed by atoms with Crippen molar-refractivity contribution in [3.63, 3.8) is 0 Å². The van der Waals surface area contributed by atoms with E-state index in [1.165, 1.54) is 0 Å². The molecule has 0 aliphatic heterocycles. The van der Waals surface area contributed by atoms with Gasteiger partial charge in [0.1, 0.15) is 6.42 Å². The van der Waals surface area contributed by atoms with Gasteiger partial charge in [-0.1, -0.05) is 0 Å². The van der Waals surface area contributed by atoms with E-state index in [1.54, 1.807) is 5.32 Å². The summed E-state index contributed by atoms with van der Waals surface area (Å²) in [4.78, 5) is 30.9. The Morgan fingerprint density at radius 2 is 2.00 bits per heavy atom. The maximum absolute atomic E-state index is 10.5. The van der Waals surface area contributed by atoms with Gasteiger partial charge in [0.15, 0.2) is 0 Å². The first-order chi connectivity index (χ1) is 5.06. The summed E-state index contributed by atoms with van der Waals surface area (Å²) in [5.74, 6) is -1.49. The summed E-state index contributed by atoms with van der Waals surface area (Å²) in [5, 5.41) is 1.71. The summed E-state index contributed by atoms with van der Waals surface area (Å²) in [5.41, 5.74) is 4.59. The van der Waals surface area contributed by atoms with Crippen LogP contribution in [0.1, 0.15) is 6.42 Å². The van der Waals surface area contributed by atoms with Crippen LogP contribution < -0.4 is 11.1 Å². The van der Waals surface area contributed by atoms with Crippen molar-refractivity contribution >= 4 is 17.9 Å². The zero-order valence-corrected chi connectivity index (χ0v) is 5.92. The Morgan fingerprint density at radius 1 is 1.45 bits per heavy atom. The normalized spacial score (nSPS) is 8.45. The average Bonchev–Trinajstić information content (AvgIpc) is 1.85. The quantitative estimate of drug-likeness (QED) is 0.389. The zero-order valence-electron chi connectivity index (χ0n) is 5.92. The van der Waals surface area contributed by atoms with Crippen LogP contribution in [0.15, 0.2) is 0 Å². The molecule has 3 amide bonds. The number of nitrogens with one attached hydrogen (secondary N) is 1. The average molecular weight is 160 g/mol. The molecule has 6 nitrogen and oxygen atoms in total. The number of nitrogens with two attached hydrogens (primary N) is 1. The molecule has 0 radical (unpaired) electrons. The predicted molar refractivity (Wildman–Crippen MR) is 34.4 cm³/mol. The van der Waals surface area contributed by atoms with E-state index in [0.717, 1.165) is 7.11 Å². The molecule has 0 aromatic rings. The summed E-state index contributed by atoms with van der Waals surface area (Å²) in [7, 11) is 1.14. The van der Waals surface area contributed by atoms with Crippen molar-refractivity contribution in [2.45, 2.75) is 6.42 Å². The van der Waals surface area contributed by atoms with Crippen LogP contribution in [0, 0.1) is 0 Å².